The van der Waals surface area contributed by atoms with E-state index in [9.17, 15) is 0 Å². The fraction of sp³-hybridized carbons (Fsp3) is 0.600. The van der Waals surface area contributed by atoms with Gasteiger partial charge in [-0.2, -0.15) is 10.2 Å². The van der Waals surface area contributed by atoms with Crippen molar-refractivity contribution in [3.05, 3.63) is 11.9 Å². The molecule has 0 aromatic heterocycles. The Morgan fingerprint density at radius 2 is 2.38 bits per heavy atom. The molecule has 0 aromatic carbocycles. The molecule has 0 heterocycles. The zero-order valence-electron chi connectivity index (χ0n) is 5.26. The maximum absolute atomic E-state index is 5.10. The third-order valence-corrected chi connectivity index (χ3v) is 0.611. The lowest BCUT2D eigenvalue weighted by molar-refractivity contribution is 0.963. The lowest BCUT2D eigenvalue weighted by atomic mass is 10.6. The Kier molecular flexibility index (Phi) is 3.84. The van der Waals surface area contributed by atoms with E-state index in [1.54, 1.807) is 6.92 Å². The lowest BCUT2D eigenvalue weighted by Gasteiger charge is -1.83. The van der Waals surface area contributed by atoms with Crippen molar-refractivity contribution >= 4 is 0 Å². The van der Waals surface area contributed by atoms with Gasteiger partial charge in [0.05, 0.1) is 12.2 Å². The van der Waals surface area contributed by atoms with Gasteiger partial charge in [-0.3, -0.25) is 0 Å². The van der Waals surface area contributed by atoms with E-state index >= 15 is 0 Å². The molecule has 0 saturated heterocycles. The van der Waals surface area contributed by atoms with Gasteiger partial charge in [-0.05, 0) is 13.8 Å². The van der Waals surface area contributed by atoms with E-state index in [4.69, 9.17) is 5.73 Å². The highest BCUT2D eigenvalue weighted by molar-refractivity contribution is 4.89. The van der Waals surface area contributed by atoms with Gasteiger partial charge in [-0.1, -0.05) is 0 Å². The van der Waals surface area contributed by atoms with Crippen LogP contribution in [0.15, 0.2) is 22.1 Å². The van der Waals surface area contributed by atoms with Gasteiger partial charge in [0.25, 0.3) is 0 Å². The number of hydrogen-bond donors (Lipinski definition) is 1. The Hall–Kier alpha value is -0.860. The van der Waals surface area contributed by atoms with Crippen molar-refractivity contribution < 1.29 is 0 Å². The number of allylic oxidation sites excluding steroid dienone is 1. The van der Waals surface area contributed by atoms with Crippen molar-refractivity contribution in [3.8, 4) is 0 Å². The van der Waals surface area contributed by atoms with E-state index in [2.05, 4.69) is 10.2 Å². The first-order chi connectivity index (χ1) is 3.81. The average molecular weight is 113 g/mol. The molecule has 3 nitrogen and oxygen atoms in total. The van der Waals surface area contributed by atoms with Crippen molar-refractivity contribution in [2.24, 2.45) is 16.0 Å². The molecule has 0 aliphatic heterocycles. The molecular weight excluding hydrogens is 102 g/mol. The first-order valence-electron chi connectivity index (χ1n) is 2.57. The number of nitrogens with two attached hydrogens (primary N) is 1. The Bertz CT molecular complexity index is 104. The molecule has 0 radical (unpaired) electrons. The molecule has 0 amide bonds. The summed E-state index contributed by atoms with van der Waals surface area (Å²) >= 11 is 0. The Labute approximate surface area is 49.3 Å². The number of nitrogens with zero attached hydrogens (tertiary/aromatic N) is 2. The summed E-state index contributed by atoms with van der Waals surface area (Å²) in [6.07, 6.45) is 1.43. The van der Waals surface area contributed by atoms with Gasteiger partial charge < -0.3 is 5.73 Å². The minimum atomic E-state index is 0.713. The standard InChI is InChI=1S/C5H11N3/c1-3-7-8-5(2)4-6/h4H,3,6H2,1-2H3/b5-4-,8-7-. The Balaban J connectivity index is 3.53. The van der Waals surface area contributed by atoms with Crippen molar-refractivity contribution in [3.63, 3.8) is 0 Å². The van der Waals surface area contributed by atoms with Crippen LogP contribution in [0.1, 0.15) is 13.8 Å². The van der Waals surface area contributed by atoms with Crippen LogP contribution in [-0.4, -0.2) is 6.54 Å². The van der Waals surface area contributed by atoms with Crippen molar-refractivity contribution in [1.29, 1.82) is 0 Å². The summed E-state index contributed by atoms with van der Waals surface area (Å²) in [7, 11) is 0. The molecule has 46 valence electrons. The maximum Gasteiger partial charge on any atom is 0.0749 e. The van der Waals surface area contributed by atoms with Crippen LogP contribution < -0.4 is 5.73 Å². The zero-order chi connectivity index (χ0) is 6.41. The second-order valence-corrected chi connectivity index (χ2v) is 1.37. The Morgan fingerprint density at radius 3 is 2.75 bits per heavy atom. The molecule has 0 atom stereocenters. The molecule has 0 aliphatic carbocycles. The lowest BCUT2D eigenvalue weighted by Crippen LogP contribution is -1.79. The van der Waals surface area contributed by atoms with E-state index in [-0.39, 0.29) is 0 Å². The van der Waals surface area contributed by atoms with Crippen LogP contribution in [0, 0.1) is 0 Å². The van der Waals surface area contributed by atoms with Gasteiger partial charge in [0.2, 0.25) is 0 Å². The molecule has 3 heteroatoms. The number of hydrogen-bond acceptors (Lipinski definition) is 3. The van der Waals surface area contributed by atoms with Gasteiger partial charge in [0.15, 0.2) is 0 Å². The minimum Gasteiger partial charge on any atom is -0.403 e. The van der Waals surface area contributed by atoms with Crippen LogP contribution in [0.4, 0.5) is 0 Å². The third kappa shape index (κ3) is 3.33. The van der Waals surface area contributed by atoms with Crippen LogP contribution >= 0.6 is 0 Å². The van der Waals surface area contributed by atoms with Gasteiger partial charge in [0.1, 0.15) is 0 Å². The summed E-state index contributed by atoms with van der Waals surface area (Å²) in [6.45, 7) is 4.44. The van der Waals surface area contributed by atoms with Gasteiger partial charge >= 0.3 is 0 Å². The fourth-order valence-electron chi connectivity index (χ4n) is 0.216. The molecule has 0 aliphatic rings. The van der Waals surface area contributed by atoms with E-state index < -0.39 is 0 Å². The quantitative estimate of drug-likeness (QED) is 0.539. The monoisotopic (exact) mass is 113 g/mol. The molecule has 0 saturated carbocycles. The minimum absolute atomic E-state index is 0.713. The molecule has 0 fully saturated rings. The van der Waals surface area contributed by atoms with Crippen LogP contribution in [0.3, 0.4) is 0 Å². The molecule has 0 aromatic rings. The molecule has 0 bridgehead atoms. The summed E-state index contributed by atoms with van der Waals surface area (Å²) in [5.41, 5.74) is 5.85. The van der Waals surface area contributed by atoms with Gasteiger partial charge in [0, 0.05) is 6.20 Å². The van der Waals surface area contributed by atoms with E-state index in [1.165, 1.54) is 6.20 Å². The predicted octanol–water partition coefficient (Wildman–Crippen LogP) is 1.28. The molecule has 8 heavy (non-hydrogen) atoms. The van der Waals surface area contributed by atoms with Crippen molar-refractivity contribution in [1.82, 2.24) is 0 Å². The molecule has 0 unspecified atom stereocenters. The average Bonchev–Trinajstić information content (AvgIpc) is 1.83. The second-order valence-electron chi connectivity index (χ2n) is 1.37. The first-order valence-corrected chi connectivity index (χ1v) is 2.57. The van der Waals surface area contributed by atoms with Gasteiger partial charge in [-0.15, -0.1) is 0 Å². The van der Waals surface area contributed by atoms with Crippen LogP contribution in [0.5, 0.6) is 0 Å². The van der Waals surface area contributed by atoms with Crippen molar-refractivity contribution in [2.75, 3.05) is 6.54 Å². The zero-order valence-corrected chi connectivity index (χ0v) is 5.26. The molecule has 2 N–H and O–H groups in total. The highest BCUT2D eigenvalue weighted by Gasteiger charge is 1.75. The highest BCUT2D eigenvalue weighted by atomic mass is 15.1. The van der Waals surface area contributed by atoms with E-state index in [1.807, 2.05) is 6.92 Å². The molecular formula is C5H11N3. The van der Waals surface area contributed by atoms with Crippen LogP contribution in [-0.2, 0) is 0 Å². The number of azo groups is 1. The molecule has 0 rings (SSSR count). The smallest absolute Gasteiger partial charge is 0.0749 e. The maximum atomic E-state index is 5.10. The number of rotatable bonds is 2. The highest BCUT2D eigenvalue weighted by Crippen LogP contribution is 1.90. The van der Waals surface area contributed by atoms with Crippen LogP contribution in [0.25, 0.3) is 0 Å². The first kappa shape index (κ1) is 7.14. The summed E-state index contributed by atoms with van der Waals surface area (Å²) in [5.74, 6) is 0. The normalized spacial score (nSPS) is 13.0. The summed E-state index contributed by atoms with van der Waals surface area (Å²) in [4.78, 5) is 0. The largest absolute Gasteiger partial charge is 0.403 e. The predicted molar refractivity (Wildman–Crippen MR) is 33.3 cm³/mol. The van der Waals surface area contributed by atoms with Gasteiger partial charge in [-0.25, -0.2) is 0 Å². The van der Waals surface area contributed by atoms with E-state index in [0.29, 0.717) is 6.54 Å². The van der Waals surface area contributed by atoms with Crippen molar-refractivity contribution in [2.45, 2.75) is 13.8 Å². The van der Waals surface area contributed by atoms with E-state index in [0.717, 1.165) is 5.70 Å². The molecule has 0 spiro atoms. The summed E-state index contributed by atoms with van der Waals surface area (Å²) in [5, 5.41) is 7.44. The topological polar surface area (TPSA) is 50.7 Å². The second kappa shape index (κ2) is 4.30. The van der Waals surface area contributed by atoms with Crippen LogP contribution in [0.2, 0.25) is 0 Å². The third-order valence-electron chi connectivity index (χ3n) is 0.611. The SMILES string of the molecule is CC/N=N\C(C)=C/N. The fourth-order valence-corrected chi connectivity index (χ4v) is 0.216. The Morgan fingerprint density at radius 1 is 1.75 bits per heavy atom. The summed E-state index contributed by atoms with van der Waals surface area (Å²) < 4.78 is 0. The summed E-state index contributed by atoms with van der Waals surface area (Å²) in [6, 6.07) is 0.